The van der Waals surface area contributed by atoms with Crippen molar-refractivity contribution in [1.82, 2.24) is 5.32 Å². The zero-order valence-corrected chi connectivity index (χ0v) is 12.2. The molecule has 3 rings (SSSR count). The molecule has 0 fully saturated rings. The summed E-state index contributed by atoms with van der Waals surface area (Å²) in [5, 5.41) is 18.9. The third kappa shape index (κ3) is 3.01. The molecule has 0 bridgehead atoms. The van der Waals surface area contributed by atoms with Crippen LogP contribution in [-0.2, 0) is 5.60 Å². The molecule has 0 aliphatic carbocycles. The molecular weight excluding hydrogens is 288 g/mol. The first-order valence-electron chi connectivity index (χ1n) is 6.70. The van der Waals surface area contributed by atoms with E-state index in [2.05, 4.69) is 10.6 Å². The van der Waals surface area contributed by atoms with Gasteiger partial charge in [0.1, 0.15) is 11.4 Å². The number of carbonyl (C=O) groups is 1. The van der Waals surface area contributed by atoms with Crippen molar-refractivity contribution in [1.29, 1.82) is 0 Å². The number of ether oxygens (including phenoxy) is 1. The molecule has 6 heteroatoms. The van der Waals surface area contributed by atoms with Gasteiger partial charge >= 0.3 is 6.03 Å². The molecule has 1 atom stereocenters. The van der Waals surface area contributed by atoms with Crippen molar-refractivity contribution in [3.05, 3.63) is 47.3 Å². The second-order valence-electron chi connectivity index (χ2n) is 4.91. The average molecular weight is 304 g/mol. The topological polar surface area (TPSA) is 70.6 Å². The highest BCUT2D eigenvalue weighted by Crippen LogP contribution is 2.36. The van der Waals surface area contributed by atoms with Crippen molar-refractivity contribution in [2.24, 2.45) is 0 Å². The van der Waals surface area contributed by atoms with Crippen LogP contribution in [0.25, 0.3) is 0 Å². The van der Waals surface area contributed by atoms with Crippen LogP contribution in [0.2, 0.25) is 0 Å². The predicted octanol–water partition coefficient (Wildman–Crippen LogP) is 2.54. The highest BCUT2D eigenvalue weighted by Gasteiger charge is 2.35. The van der Waals surface area contributed by atoms with Crippen LogP contribution in [0.3, 0.4) is 0 Å². The first kappa shape index (κ1) is 13.9. The van der Waals surface area contributed by atoms with Gasteiger partial charge < -0.3 is 15.2 Å². The molecule has 2 amide bonds. The first-order valence-corrected chi connectivity index (χ1v) is 7.58. The lowest BCUT2D eigenvalue weighted by molar-refractivity contribution is 0.000401. The van der Waals surface area contributed by atoms with Crippen LogP contribution in [0.4, 0.5) is 9.80 Å². The maximum atomic E-state index is 11.8. The van der Waals surface area contributed by atoms with Crippen LogP contribution >= 0.6 is 11.3 Å². The second-order valence-corrected chi connectivity index (χ2v) is 5.86. The molecule has 1 aromatic heterocycles. The number of carbonyl (C=O) groups excluding carboxylic acids is 1. The standard InChI is InChI=1S/C15H16N2O3S/c18-14(17-13-6-3-9-21-13)16-10-15(19)7-8-20-12-5-2-1-4-11(12)15/h1-6,9,19H,7-8,10H2,(H2,16,17,18)/t15-/m0/s1. The molecule has 1 aliphatic rings. The van der Waals surface area contributed by atoms with Crippen LogP contribution in [-0.4, -0.2) is 24.3 Å². The number of hydrogen-bond donors (Lipinski definition) is 3. The molecular formula is C15H16N2O3S. The van der Waals surface area contributed by atoms with Gasteiger partial charge in [0.25, 0.3) is 0 Å². The Morgan fingerprint density at radius 1 is 1.33 bits per heavy atom. The maximum Gasteiger partial charge on any atom is 0.319 e. The summed E-state index contributed by atoms with van der Waals surface area (Å²) in [4.78, 5) is 11.8. The fourth-order valence-electron chi connectivity index (χ4n) is 2.36. The van der Waals surface area contributed by atoms with Gasteiger partial charge in [-0.3, -0.25) is 5.32 Å². The molecule has 0 radical (unpaired) electrons. The quantitative estimate of drug-likeness (QED) is 0.816. The van der Waals surface area contributed by atoms with E-state index in [0.717, 1.165) is 5.00 Å². The Labute approximate surface area is 126 Å². The minimum atomic E-state index is -1.10. The van der Waals surface area contributed by atoms with Crippen molar-refractivity contribution >= 4 is 22.4 Å². The van der Waals surface area contributed by atoms with Gasteiger partial charge in [0.05, 0.1) is 18.2 Å². The van der Waals surface area contributed by atoms with Crippen LogP contribution in [0.5, 0.6) is 5.75 Å². The van der Waals surface area contributed by atoms with E-state index in [9.17, 15) is 9.90 Å². The Kier molecular flexibility index (Phi) is 3.81. The van der Waals surface area contributed by atoms with Crippen molar-refractivity contribution in [3.63, 3.8) is 0 Å². The van der Waals surface area contributed by atoms with Crippen LogP contribution < -0.4 is 15.4 Å². The second kappa shape index (κ2) is 5.75. The monoisotopic (exact) mass is 304 g/mol. The zero-order valence-electron chi connectivity index (χ0n) is 11.3. The number of amides is 2. The number of rotatable bonds is 3. The number of hydrogen-bond acceptors (Lipinski definition) is 4. The van der Waals surface area contributed by atoms with E-state index < -0.39 is 5.60 Å². The summed E-state index contributed by atoms with van der Waals surface area (Å²) in [5.41, 5.74) is -0.380. The summed E-state index contributed by atoms with van der Waals surface area (Å²) in [6.45, 7) is 0.576. The predicted molar refractivity (Wildman–Crippen MR) is 81.8 cm³/mol. The molecule has 2 aromatic rings. The zero-order chi connectivity index (χ0) is 14.7. The minimum absolute atomic E-state index is 0.143. The van der Waals surface area contributed by atoms with Crippen LogP contribution in [0.1, 0.15) is 12.0 Å². The van der Waals surface area contributed by atoms with E-state index in [1.54, 1.807) is 0 Å². The number of thiophene rings is 1. The average Bonchev–Trinajstić information content (AvgIpc) is 2.99. The summed E-state index contributed by atoms with van der Waals surface area (Å²) in [5.74, 6) is 0.673. The van der Waals surface area contributed by atoms with E-state index in [-0.39, 0.29) is 12.6 Å². The molecule has 0 spiro atoms. The molecule has 5 nitrogen and oxygen atoms in total. The number of aliphatic hydroxyl groups is 1. The van der Waals surface area contributed by atoms with Crippen molar-refractivity contribution < 1.29 is 14.6 Å². The first-order chi connectivity index (χ1) is 10.2. The molecule has 1 aromatic carbocycles. The van der Waals surface area contributed by atoms with Crippen LogP contribution in [0.15, 0.2) is 41.8 Å². The Morgan fingerprint density at radius 3 is 3.00 bits per heavy atom. The summed E-state index contributed by atoms with van der Waals surface area (Å²) in [6.07, 6.45) is 0.448. The van der Waals surface area contributed by atoms with E-state index in [1.165, 1.54) is 11.3 Å². The normalized spacial score (nSPS) is 20.2. The molecule has 21 heavy (non-hydrogen) atoms. The van der Waals surface area contributed by atoms with E-state index >= 15 is 0 Å². The van der Waals surface area contributed by atoms with Gasteiger partial charge in [-0.15, -0.1) is 11.3 Å². The van der Waals surface area contributed by atoms with Gasteiger partial charge in [-0.1, -0.05) is 18.2 Å². The highest BCUT2D eigenvalue weighted by molar-refractivity contribution is 7.14. The lowest BCUT2D eigenvalue weighted by Crippen LogP contribution is -2.45. The van der Waals surface area contributed by atoms with Gasteiger partial charge in [0.2, 0.25) is 0 Å². The van der Waals surface area contributed by atoms with Gasteiger partial charge in [-0.2, -0.15) is 0 Å². The Bertz CT molecular complexity index is 630. The SMILES string of the molecule is O=C(NC[C@@]1(O)CCOc2ccccc21)Nc1cccs1. The van der Waals surface area contributed by atoms with Crippen molar-refractivity contribution in [2.45, 2.75) is 12.0 Å². The van der Waals surface area contributed by atoms with Crippen molar-refractivity contribution in [3.8, 4) is 5.75 Å². The Morgan fingerprint density at radius 2 is 2.19 bits per heavy atom. The number of nitrogens with one attached hydrogen (secondary N) is 2. The van der Waals surface area contributed by atoms with Crippen molar-refractivity contribution in [2.75, 3.05) is 18.5 Å². The van der Waals surface area contributed by atoms with Crippen LogP contribution in [0, 0.1) is 0 Å². The number of anilines is 1. The van der Waals surface area contributed by atoms with E-state index in [4.69, 9.17) is 4.74 Å². The molecule has 0 unspecified atom stereocenters. The highest BCUT2D eigenvalue weighted by atomic mass is 32.1. The van der Waals surface area contributed by atoms with Gasteiger partial charge in [-0.25, -0.2) is 4.79 Å². The van der Waals surface area contributed by atoms with Gasteiger partial charge in [0.15, 0.2) is 0 Å². The molecule has 1 aliphatic heterocycles. The van der Waals surface area contributed by atoms with E-state index in [0.29, 0.717) is 24.3 Å². The molecule has 2 heterocycles. The fraction of sp³-hybridized carbons (Fsp3) is 0.267. The summed E-state index contributed by atoms with van der Waals surface area (Å²) in [6, 6.07) is 10.7. The number of para-hydroxylation sites is 1. The smallest absolute Gasteiger partial charge is 0.319 e. The maximum absolute atomic E-state index is 11.8. The summed E-state index contributed by atoms with van der Waals surface area (Å²) < 4.78 is 5.52. The van der Waals surface area contributed by atoms with E-state index in [1.807, 2.05) is 41.8 Å². The molecule has 0 saturated heterocycles. The lowest BCUT2D eigenvalue weighted by atomic mass is 9.88. The van der Waals surface area contributed by atoms with Gasteiger partial charge in [-0.05, 0) is 23.6 Å². The Balaban J connectivity index is 1.66. The van der Waals surface area contributed by atoms with Gasteiger partial charge in [0, 0.05) is 12.0 Å². The number of fused-ring (bicyclic) bond motifs is 1. The summed E-state index contributed by atoms with van der Waals surface area (Å²) in [7, 11) is 0. The third-order valence-corrected chi connectivity index (χ3v) is 4.25. The fourth-order valence-corrected chi connectivity index (χ4v) is 2.97. The minimum Gasteiger partial charge on any atom is -0.493 e. The third-order valence-electron chi connectivity index (χ3n) is 3.46. The molecule has 110 valence electrons. The number of urea groups is 1. The number of benzene rings is 1. The molecule has 0 saturated carbocycles. The Hall–Kier alpha value is -2.05. The largest absolute Gasteiger partial charge is 0.493 e. The lowest BCUT2D eigenvalue weighted by Gasteiger charge is -2.34. The molecule has 3 N–H and O–H groups in total. The summed E-state index contributed by atoms with van der Waals surface area (Å²) >= 11 is 1.45.